The third-order valence-electron chi connectivity index (χ3n) is 3.34. The molecule has 0 fully saturated rings. The van der Waals surface area contributed by atoms with Gasteiger partial charge < -0.3 is 19.9 Å². The maximum absolute atomic E-state index is 11.1. The fraction of sp³-hybridized carbons (Fsp3) is 0.154. The van der Waals surface area contributed by atoms with E-state index in [-0.39, 0.29) is 23.7 Å². The second-order valence-corrected chi connectivity index (χ2v) is 4.35. The molecule has 0 spiro atoms. The number of carboxylic acid groups (broad SMARTS) is 1. The zero-order valence-electron chi connectivity index (χ0n) is 9.42. The molecule has 0 amide bonds. The van der Waals surface area contributed by atoms with Crippen LogP contribution in [0.5, 0.6) is 11.5 Å². The SMILES string of the molecule is O=C(O)c1ccc2n1Cc1c(ccc(O)c1O)C2. The van der Waals surface area contributed by atoms with Crippen molar-refractivity contribution in [1.29, 1.82) is 0 Å². The van der Waals surface area contributed by atoms with Crippen LogP contribution in [0.25, 0.3) is 0 Å². The molecule has 5 nitrogen and oxygen atoms in total. The highest BCUT2D eigenvalue weighted by Gasteiger charge is 2.23. The number of fused-ring (bicyclic) bond motifs is 2. The molecule has 1 aliphatic rings. The minimum atomic E-state index is -0.996. The van der Waals surface area contributed by atoms with Gasteiger partial charge in [-0.05, 0) is 23.8 Å². The molecule has 0 saturated heterocycles. The molecule has 1 aromatic heterocycles. The van der Waals surface area contributed by atoms with Gasteiger partial charge in [-0.25, -0.2) is 4.79 Å². The van der Waals surface area contributed by atoms with Gasteiger partial charge in [0.1, 0.15) is 5.69 Å². The lowest BCUT2D eigenvalue weighted by atomic mass is 9.98. The number of phenolic OH excluding ortho intramolecular Hbond substituents is 2. The fourth-order valence-corrected chi connectivity index (χ4v) is 2.40. The first-order valence-corrected chi connectivity index (χ1v) is 5.52. The first kappa shape index (κ1) is 10.7. The third-order valence-corrected chi connectivity index (χ3v) is 3.34. The molecule has 0 atom stereocenters. The largest absolute Gasteiger partial charge is 0.504 e. The number of carboxylic acids is 1. The Morgan fingerprint density at radius 1 is 1.17 bits per heavy atom. The van der Waals surface area contributed by atoms with E-state index in [0.29, 0.717) is 12.0 Å². The molecular weight excluding hydrogens is 234 g/mol. The van der Waals surface area contributed by atoms with Crippen molar-refractivity contribution in [2.24, 2.45) is 0 Å². The molecule has 0 unspecified atom stereocenters. The topological polar surface area (TPSA) is 82.7 Å². The van der Waals surface area contributed by atoms with Gasteiger partial charge in [0, 0.05) is 17.7 Å². The molecule has 0 radical (unpaired) electrons. The van der Waals surface area contributed by atoms with Gasteiger partial charge in [-0.3, -0.25) is 0 Å². The number of phenols is 2. The third kappa shape index (κ3) is 1.37. The summed E-state index contributed by atoms with van der Waals surface area (Å²) in [5.74, 6) is -1.34. The maximum Gasteiger partial charge on any atom is 0.352 e. The van der Waals surface area contributed by atoms with Crippen LogP contribution in [0.2, 0.25) is 0 Å². The van der Waals surface area contributed by atoms with Gasteiger partial charge in [0.05, 0.1) is 6.54 Å². The Bertz CT molecular complexity index is 657. The highest BCUT2D eigenvalue weighted by Crippen LogP contribution is 2.36. The van der Waals surface area contributed by atoms with E-state index in [2.05, 4.69) is 0 Å². The average molecular weight is 245 g/mol. The van der Waals surface area contributed by atoms with Crippen LogP contribution in [-0.4, -0.2) is 25.9 Å². The predicted molar refractivity (Wildman–Crippen MR) is 63.1 cm³/mol. The molecule has 3 N–H and O–H groups in total. The van der Waals surface area contributed by atoms with Crippen LogP contribution < -0.4 is 0 Å². The Kier molecular flexibility index (Phi) is 2.10. The van der Waals surface area contributed by atoms with Crippen molar-refractivity contribution in [3.63, 3.8) is 0 Å². The second kappa shape index (κ2) is 3.53. The van der Waals surface area contributed by atoms with Crippen molar-refractivity contribution in [3.05, 3.63) is 46.8 Å². The molecule has 5 heteroatoms. The summed E-state index contributed by atoms with van der Waals surface area (Å²) < 4.78 is 1.64. The molecule has 0 bridgehead atoms. The molecule has 2 heterocycles. The summed E-state index contributed by atoms with van der Waals surface area (Å²) in [6, 6.07) is 6.53. The Balaban J connectivity index is 2.14. The van der Waals surface area contributed by atoms with Crippen LogP contribution in [0.4, 0.5) is 0 Å². The van der Waals surface area contributed by atoms with Crippen LogP contribution in [0.3, 0.4) is 0 Å². The number of rotatable bonds is 1. The van der Waals surface area contributed by atoms with Crippen LogP contribution in [0.15, 0.2) is 24.3 Å². The molecular formula is C13H11NO4. The van der Waals surface area contributed by atoms with Gasteiger partial charge in [0.2, 0.25) is 0 Å². The van der Waals surface area contributed by atoms with E-state index < -0.39 is 5.97 Å². The van der Waals surface area contributed by atoms with Crippen molar-refractivity contribution in [2.75, 3.05) is 0 Å². The highest BCUT2D eigenvalue weighted by molar-refractivity contribution is 5.86. The molecule has 18 heavy (non-hydrogen) atoms. The number of nitrogens with zero attached hydrogens (tertiary/aromatic N) is 1. The average Bonchev–Trinajstić information content (AvgIpc) is 2.75. The Hall–Kier alpha value is -2.43. The monoisotopic (exact) mass is 245 g/mol. The maximum atomic E-state index is 11.1. The standard InChI is InChI=1S/C13H11NO4/c15-11-4-1-7-5-8-2-3-10(13(17)18)14(8)6-9(7)12(11)16/h1-4,15-16H,5-6H2,(H,17,18). The lowest BCUT2D eigenvalue weighted by molar-refractivity contribution is 0.0685. The lowest BCUT2D eigenvalue weighted by Gasteiger charge is -2.21. The summed E-state index contributed by atoms with van der Waals surface area (Å²) in [6.07, 6.45) is 0.552. The van der Waals surface area contributed by atoms with Crippen molar-refractivity contribution in [3.8, 4) is 11.5 Å². The molecule has 0 aliphatic carbocycles. The summed E-state index contributed by atoms with van der Waals surface area (Å²) in [5, 5.41) is 28.4. The molecule has 2 aromatic rings. The van der Waals surface area contributed by atoms with Crippen LogP contribution in [0.1, 0.15) is 27.3 Å². The Morgan fingerprint density at radius 2 is 1.94 bits per heavy atom. The van der Waals surface area contributed by atoms with Crippen molar-refractivity contribution in [2.45, 2.75) is 13.0 Å². The van der Waals surface area contributed by atoms with Gasteiger partial charge in [-0.2, -0.15) is 0 Å². The Morgan fingerprint density at radius 3 is 2.67 bits per heavy atom. The highest BCUT2D eigenvalue weighted by atomic mass is 16.4. The van der Waals surface area contributed by atoms with E-state index in [0.717, 1.165) is 11.3 Å². The summed E-state index contributed by atoms with van der Waals surface area (Å²) in [7, 11) is 0. The van der Waals surface area contributed by atoms with Gasteiger partial charge >= 0.3 is 5.97 Å². The molecule has 1 aromatic carbocycles. The van der Waals surface area contributed by atoms with Crippen LogP contribution in [-0.2, 0) is 13.0 Å². The number of aromatic nitrogens is 1. The van der Waals surface area contributed by atoms with E-state index in [1.165, 1.54) is 6.07 Å². The first-order valence-electron chi connectivity index (χ1n) is 5.52. The molecule has 3 rings (SSSR count). The second-order valence-electron chi connectivity index (χ2n) is 4.35. The zero-order chi connectivity index (χ0) is 12.9. The van der Waals surface area contributed by atoms with Crippen LogP contribution in [0, 0.1) is 0 Å². The van der Waals surface area contributed by atoms with E-state index in [9.17, 15) is 15.0 Å². The van der Waals surface area contributed by atoms with E-state index in [4.69, 9.17) is 5.11 Å². The zero-order valence-corrected chi connectivity index (χ0v) is 9.42. The molecule has 0 saturated carbocycles. The van der Waals surface area contributed by atoms with Gasteiger partial charge in [0.15, 0.2) is 11.5 Å². The first-order chi connectivity index (χ1) is 8.58. The summed E-state index contributed by atoms with van der Waals surface area (Å²) in [5.41, 5.74) is 2.58. The normalized spacial score (nSPS) is 12.9. The van der Waals surface area contributed by atoms with Crippen molar-refractivity contribution >= 4 is 5.97 Å². The lowest BCUT2D eigenvalue weighted by Crippen LogP contribution is -2.18. The number of hydrogen-bond acceptors (Lipinski definition) is 3. The van der Waals surface area contributed by atoms with Gasteiger partial charge in [-0.1, -0.05) is 6.07 Å². The van der Waals surface area contributed by atoms with Crippen molar-refractivity contribution in [1.82, 2.24) is 4.57 Å². The van der Waals surface area contributed by atoms with E-state index in [1.807, 2.05) is 0 Å². The summed E-state index contributed by atoms with van der Waals surface area (Å²) in [4.78, 5) is 11.1. The van der Waals surface area contributed by atoms with Crippen molar-refractivity contribution < 1.29 is 20.1 Å². The number of carbonyl (C=O) groups is 1. The fourth-order valence-electron chi connectivity index (χ4n) is 2.40. The Labute approximate surface area is 103 Å². The van der Waals surface area contributed by atoms with Crippen LogP contribution >= 0.6 is 0 Å². The molecule has 1 aliphatic heterocycles. The number of benzene rings is 1. The smallest absolute Gasteiger partial charge is 0.352 e. The minimum Gasteiger partial charge on any atom is -0.504 e. The summed E-state index contributed by atoms with van der Waals surface area (Å²) in [6.45, 7) is 0.263. The van der Waals surface area contributed by atoms with E-state index in [1.54, 1.807) is 22.8 Å². The number of hydrogen-bond donors (Lipinski definition) is 3. The summed E-state index contributed by atoms with van der Waals surface area (Å²) >= 11 is 0. The molecule has 92 valence electrons. The minimum absolute atomic E-state index is 0.164. The van der Waals surface area contributed by atoms with Gasteiger partial charge in [0.25, 0.3) is 0 Å². The van der Waals surface area contributed by atoms with E-state index >= 15 is 0 Å². The number of aromatic hydroxyl groups is 2. The predicted octanol–water partition coefficient (Wildman–Crippen LogP) is 1.55. The quantitative estimate of drug-likeness (QED) is 0.568. The van der Waals surface area contributed by atoms with Gasteiger partial charge in [-0.15, -0.1) is 0 Å². The number of aromatic carboxylic acids is 1.